The molecule has 3 heterocycles. The highest BCUT2D eigenvalue weighted by Gasteiger charge is 2.24. The smallest absolute Gasteiger partial charge is 0.317 e. The third kappa shape index (κ3) is 4.69. The maximum atomic E-state index is 13.2. The van der Waals surface area contributed by atoms with Gasteiger partial charge in [-0.1, -0.05) is 12.1 Å². The van der Waals surface area contributed by atoms with E-state index in [2.05, 4.69) is 15.6 Å². The number of urea groups is 1. The Morgan fingerprint density at radius 2 is 1.97 bits per heavy atom. The van der Waals surface area contributed by atoms with Gasteiger partial charge in [0.15, 0.2) is 5.75 Å². The second-order valence-corrected chi connectivity index (χ2v) is 7.96. The number of rotatable bonds is 8. The summed E-state index contributed by atoms with van der Waals surface area (Å²) in [5, 5.41) is 16.0. The van der Waals surface area contributed by atoms with E-state index in [0.29, 0.717) is 25.0 Å². The highest BCUT2D eigenvalue weighted by molar-refractivity contribution is 6.01. The second kappa shape index (κ2) is 9.87. The van der Waals surface area contributed by atoms with Gasteiger partial charge in [0.25, 0.3) is 11.5 Å². The van der Waals surface area contributed by atoms with Crippen LogP contribution in [-0.2, 0) is 13.0 Å². The van der Waals surface area contributed by atoms with Crippen molar-refractivity contribution in [3.05, 3.63) is 69.4 Å². The summed E-state index contributed by atoms with van der Waals surface area (Å²) in [6.45, 7) is 1.71. The highest BCUT2D eigenvalue weighted by atomic mass is 19.1. The zero-order valence-electron chi connectivity index (χ0n) is 18.4. The Morgan fingerprint density at radius 1 is 1.21 bits per heavy atom. The molecule has 34 heavy (non-hydrogen) atoms. The van der Waals surface area contributed by atoms with Crippen molar-refractivity contribution in [2.45, 2.75) is 13.0 Å². The number of amides is 3. The van der Waals surface area contributed by atoms with Gasteiger partial charge in [0.05, 0.1) is 5.52 Å². The van der Waals surface area contributed by atoms with E-state index in [0.717, 1.165) is 11.1 Å². The number of nitrogens with two attached hydrogens (primary N) is 1. The Labute approximate surface area is 194 Å². The van der Waals surface area contributed by atoms with E-state index in [1.165, 1.54) is 27.8 Å². The summed E-state index contributed by atoms with van der Waals surface area (Å²) in [5.74, 6) is -1.61. The first-order valence-electron chi connectivity index (χ1n) is 10.9. The van der Waals surface area contributed by atoms with Crippen molar-refractivity contribution in [1.82, 2.24) is 25.1 Å². The van der Waals surface area contributed by atoms with Crippen LogP contribution in [0.5, 0.6) is 5.75 Å². The minimum Gasteiger partial charge on any atom is -0.505 e. The van der Waals surface area contributed by atoms with E-state index < -0.39 is 22.8 Å². The molecule has 11 heteroatoms. The van der Waals surface area contributed by atoms with Crippen LogP contribution in [0.3, 0.4) is 0 Å². The van der Waals surface area contributed by atoms with E-state index in [-0.39, 0.29) is 43.5 Å². The van der Waals surface area contributed by atoms with Gasteiger partial charge in [-0.25, -0.2) is 9.18 Å². The fourth-order valence-corrected chi connectivity index (χ4v) is 3.95. The van der Waals surface area contributed by atoms with Crippen LogP contribution in [0.2, 0.25) is 0 Å². The average Bonchev–Trinajstić information content (AvgIpc) is 3.23. The van der Waals surface area contributed by atoms with Gasteiger partial charge in [0, 0.05) is 45.5 Å². The number of pyridine rings is 2. The molecule has 0 radical (unpaired) electrons. The summed E-state index contributed by atoms with van der Waals surface area (Å²) < 4.78 is 14.5. The summed E-state index contributed by atoms with van der Waals surface area (Å²) in [4.78, 5) is 43.4. The lowest BCUT2D eigenvalue weighted by molar-refractivity contribution is 0.0945. The Morgan fingerprint density at radius 3 is 2.65 bits per heavy atom. The molecule has 5 N–H and O–H groups in total. The molecular weight excluding hydrogens is 443 g/mol. The number of nitrogens with one attached hydrogen (secondary N) is 2. The second-order valence-electron chi connectivity index (χ2n) is 7.96. The number of fused-ring (bicyclic) bond motifs is 1. The number of carbonyl (C=O) groups excluding carboxylic acids is 2. The van der Waals surface area contributed by atoms with Crippen molar-refractivity contribution in [1.29, 1.82) is 0 Å². The molecule has 4 rings (SSSR count). The van der Waals surface area contributed by atoms with E-state index in [4.69, 9.17) is 5.73 Å². The van der Waals surface area contributed by atoms with Crippen molar-refractivity contribution in [3.63, 3.8) is 0 Å². The minimum absolute atomic E-state index is 0.0972. The Bertz CT molecular complexity index is 1290. The fourth-order valence-electron chi connectivity index (χ4n) is 3.95. The third-order valence-electron chi connectivity index (χ3n) is 5.65. The number of aromatic hydroxyl groups is 1. The van der Waals surface area contributed by atoms with Crippen molar-refractivity contribution in [2.24, 2.45) is 5.73 Å². The summed E-state index contributed by atoms with van der Waals surface area (Å²) in [5.41, 5.74) is 6.62. The molecule has 1 fully saturated rings. The maximum Gasteiger partial charge on any atom is 0.317 e. The van der Waals surface area contributed by atoms with Crippen molar-refractivity contribution < 1.29 is 19.1 Å². The molecule has 0 atom stereocenters. The largest absolute Gasteiger partial charge is 0.505 e. The maximum absolute atomic E-state index is 13.2. The van der Waals surface area contributed by atoms with Gasteiger partial charge in [0.1, 0.15) is 16.9 Å². The monoisotopic (exact) mass is 468 g/mol. The van der Waals surface area contributed by atoms with Crippen LogP contribution in [0, 0.1) is 5.82 Å². The average molecular weight is 468 g/mol. The van der Waals surface area contributed by atoms with E-state index in [1.54, 1.807) is 18.2 Å². The van der Waals surface area contributed by atoms with E-state index in [9.17, 15) is 23.9 Å². The van der Waals surface area contributed by atoms with Crippen LogP contribution in [-0.4, -0.2) is 64.2 Å². The Kier molecular flexibility index (Phi) is 6.73. The van der Waals surface area contributed by atoms with Crippen molar-refractivity contribution in [3.8, 4) is 5.75 Å². The Balaban J connectivity index is 1.63. The van der Waals surface area contributed by atoms with Gasteiger partial charge in [-0.05, 0) is 35.7 Å². The number of aromatic nitrogens is 2. The number of hydrogen-bond acceptors (Lipinski definition) is 6. The first-order chi connectivity index (χ1) is 16.4. The highest BCUT2D eigenvalue weighted by Crippen LogP contribution is 2.26. The molecular formula is C23H25FN6O4. The van der Waals surface area contributed by atoms with Crippen LogP contribution >= 0.6 is 0 Å². The van der Waals surface area contributed by atoms with Crippen LogP contribution in [0.1, 0.15) is 21.5 Å². The number of halogens is 1. The first kappa shape index (κ1) is 23.2. The van der Waals surface area contributed by atoms with Gasteiger partial charge in [-0.2, -0.15) is 0 Å². The lowest BCUT2D eigenvalue weighted by Gasteiger charge is -2.16. The first-order valence-corrected chi connectivity index (χ1v) is 10.9. The summed E-state index contributed by atoms with van der Waals surface area (Å²) in [7, 11) is 0. The van der Waals surface area contributed by atoms with Gasteiger partial charge in [0.2, 0.25) is 0 Å². The SMILES string of the molecule is NCCn1c(=O)c(C(=O)NCCN2CCNC2=O)c(O)c2ncc(Cc3ccc(F)cc3)cc21. The van der Waals surface area contributed by atoms with Crippen molar-refractivity contribution >= 4 is 23.0 Å². The van der Waals surface area contributed by atoms with E-state index in [1.807, 2.05) is 0 Å². The molecule has 3 aromatic rings. The topological polar surface area (TPSA) is 143 Å². The number of nitrogens with zero attached hydrogens (tertiary/aromatic N) is 3. The standard InChI is InChI=1S/C23H25FN6O4/c24-16-3-1-14(2-4-16)11-15-12-17-19(28-13-15)20(31)18(22(33)30(17)8-5-25)21(32)26-6-9-29-10-7-27-23(29)34/h1-4,12-13,31H,5-11,25H2,(H,26,32)(H,27,34). The van der Waals surface area contributed by atoms with Crippen molar-refractivity contribution in [2.75, 3.05) is 32.7 Å². The quantitative estimate of drug-likeness (QED) is 0.380. The van der Waals surface area contributed by atoms with Crippen LogP contribution in [0.4, 0.5) is 9.18 Å². The zero-order chi connectivity index (χ0) is 24.2. The van der Waals surface area contributed by atoms with Crippen LogP contribution in [0.25, 0.3) is 11.0 Å². The molecule has 1 saturated heterocycles. The predicted octanol–water partition coefficient (Wildman–Crippen LogP) is 0.546. The molecule has 3 amide bonds. The molecule has 1 aromatic carbocycles. The molecule has 0 unspecified atom stereocenters. The molecule has 1 aliphatic heterocycles. The zero-order valence-corrected chi connectivity index (χ0v) is 18.4. The normalized spacial score (nSPS) is 13.4. The van der Waals surface area contributed by atoms with Gasteiger partial charge in [-0.15, -0.1) is 0 Å². The molecule has 0 bridgehead atoms. The van der Waals surface area contributed by atoms with Gasteiger partial charge in [-0.3, -0.25) is 14.6 Å². The Hall–Kier alpha value is -3.99. The summed E-state index contributed by atoms with van der Waals surface area (Å²) in [6.07, 6.45) is 1.98. The van der Waals surface area contributed by atoms with Gasteiger partial charge >= 0.3 is 6.03 Å². The molecule has 1 aliphatic rings. The molecule has 10 nitrogen and oxygen atoms in total. The molecule has 0 spiro atoms. The fraction of sp³-hybridized carbons (Fsp3) is 0.304. The molecule has 2 aromatic heterocycles. The molecule has 0 saturated carbocycles. The minimum atomic E-state index is -0.757. The lowest BCUT2D eigenvalue weighted by Crippen LogP contribution is -2.39. The van der Waals surface area contributed by atoms with E-state index >= 15 is 0 Å². The third-order valence-corrected chi connectivity index (χ3v) is 5.65. The number of benzene rings is 1. The van der Waals surface area contributed by atoms with Crippen LogP contribution in [0.15, 0.2) is 41.3 Å². The molecule has 0 aliphatic carbocycles. The number of hydrogen-bond donors (Lipinski definition) is 4. The number of carbonyl (C=O) groups is 2. The summed E-state index contributed by atoms with van der Waals surface area (Å²) >= 11 is 0. The predicted molar refractivity (Wildman–Crippen MR) is 123 cm³/mol. The van der Waals surface area contributed by atoms with Crippen LogP contribution < -0.4 is 21.9 Å². The molecule has 178 valence electrons. The summed E-state index contributed by atoms with van der Waals surface area (Å²) in [6, 6.07) is 7.53. The van der Waals surface area contributed by atoms with Gasteiger partial charge < -0.3 is 30.9 Å². The lowest BCUT2D eigenvalue weighted by atomic mass is 10.1.